The van der Waals surface area contributed by atoms with E-state index in [-0.39, 0.29) is 6.03 Å². The van der Waals surface area contributed by atoms with E-state index in [0.29, 0.717) is 24.8 Å². The average Bonchev–Trinajstić information content (AvgIpc) is 2.55. The molecule has 1 heterocycles. The van der Waals surface area contributed by atoms with Gasteiger partial charge in [-0.25, -0.2) is 4.79 Å². The van der Waals surface area contributed by atoms with Gasteiger partial charge in [-0.05, 0) is 24.6 Å². The molecular formula is C17H26ClN3O2. The number of benzene rings is 1. The molecule has 0 aromatic heterocycles. The molecule has 1 aliphatic heterocycles. The van der Waals surface area contributed by atoms with Gasteiger partial charge in [-0.15, -0.1) is 0 Å². The summed E-state index contributed by atoms with van der Waals surface area (Å²) in [6.07, 6.45) is 4.55. The number of morpholine rings is 1. The van der Waals surface area contributed by atoms with Crippen LogP contribution in [0.3, 0.4) is 0 Å². The van der Waals surface area contributed by atoms with Crippen LogP contribution in [0.2, 0.25) is 5.02 Å². The van der Waals surface area contributed by atoms with E-state index in [1.807, 2.05) is 12.1 Å². The number of carbonyl (C=O) groups excluding carboxylic acids is 1. The first-order chi connectivity index (χ1) is 11.2. The summed E-state index contributed by atoms with van der Waals surface area (Å²) in [4.78, 5) is 14.3. The van der Waals surface area contributed by atoms with Crippen LogP contribution in [0.5, 0.6) is 0 Å². The fourth-order valence-corrected chi connectivity index (χ4v) is 2.78. The fraction of sp³-hybridized carbons (Fsp3) is 0.588. The number of unbranched alkanes of at least 4 members (excludes halogenated alkanes) is 3. The van der Waals surface area contributed by atoms with Gasteiger partial charge < -0.3 is 20.3 Å². The second-order valence-electron chi connectivity index (χ2n) is 5.70. The summed E-state index contributed by atoms with van der Waals surface area (Å²) < 4.78 is 5.38. The van der Waals surface area contributed by atoms with E-state index in [1.165, 1.54) is 12.8 Å². The normalized spacial score (nSPS) is 14.6. The van der Waals surface area contributed by atoms with Crippen LogP contribution in [0.25, 0.3) is 0 Å². The first-order valence-electron chi connectivity index (χ1n) is 8.38. The van der Waals surface area contributed by atoms with Crippen LogP contribution < -0.4 is 15.5 Å². The fourth-order valence-electron chi connectivity index (χ4n) is 2.61. The third kappa shape index (κ3) is 5.92. The highest BCUT2D eigenvalue weighted by Crippen LogP contribution is 2.29. The molecule has 2 N–H and O–H groups in total. The average molecular weight is 340 g/mol. The smallest absolute Gasteiger partial charge is 0.319 e. The number of hydrogen-bond acceptors (Lipinski definition) is 3. The zero-order chi connectivity index (χ0) is 16.5. The molecule has 6 heteroatoms. The number of rotatable bonds is 7. The third-order valence-corrected chi connectivity index (χ3v) is 4.11. The van der Waals surface area contributed by atoms with Crippen molar-refractivity contribution in [3.63, 3.8) is 0 Å². The molecule has 0 radical (unpaired) electrons. The lowest BCUT2D eigenvalue weighted by Crippen LogP contribution is -2.37. The van der Waals surface area contributed by atoms with Crippen molar-refractivity contribution in [1.82, 2.24) is 5.32 Å². The number of nitrogens with zero attached hydrogens (tertiary/aromatic N) is 1. The van der Waals surface area contributed by atoms with Crippen molar-refractivity contribution in [1.29, 1.82) is 0 Å². The van der Waals surface area contributed by atoms with E-state index in [1.54, 1.807) is 6.07 Å². The van der Waals surface area contributed by atoms with Gasteiger partial charge in [0.1, 0.15) is 0 Å². The zero-order valence-electron chi connectivity index (χ0n) is 13.7. The molecule has 0 spiro atoms. The van der Waals surface area contributed by atoms with Gasteiger partial charge in [0, 0.05) is 24.7 Å². The summed E-state index contributed by atoms with van der Waals surface area (Å²) in [7, 11) is 0. The molecular weight excluding hydrogens is 314 g/mol. The van der Waals surface area contributed by atoms with Gasteiger partial charge in [0.15, 0.2) is 0 Å². The van der Waals surface area contributed by atoms with Crippen molar-refractivity contribution < 1.29 is 9.53 Å². The van der Waals surface area contributed by atoms with Crippen molar-refractivity contribution in [2.24, 2.45) is 0 Å². The maximum absolute atomic E-state index is 12.1. The first kappa shape index (κ1) is 17.9. The molecule has 0 saturated carbocycles. The van der Waals surface area contributed by atoms with Crippen LogP contribution in [0.1, 0.15) is 32.6 Å². The quantitative estimate of drug-likeness (QED) is 0.741. The molecule has 2 amide bonds. The lowest BCUT2D eigenvalue weighted by molar-refractivity contribution is 0.123. The topological polar surface area (TPSA) is 53.6 Å². The number of anilines is 2. The molecule has 1 aliphatic rings. The Labute approximate surface area is 143 Å². The highest BCUT2D eigenvalue weighted by atomic mass is 35.5. The molecule has 1 aromatic carbocycles. The molecule has 128 valence electrons. The minimum Gasteiger partial charge on any atom is -0.378 e. The second kappa shape index (κ2) is 9.63. The maximum atomic E-state index is 12.1. The van der Waals surface area contributed by atoms with Gasteiger partial charge in [-0.2, -0.15) is 0 Å². The molecule has 0 aliphatic carbocycles. The number of nitrogens with one attached hydrogen (secondary N) is 2. The van der Waals surface area contributed by atoms with Crippen LogP contribution in [0.4, 0.5) is 16.2 Å². The molecule has 1 aromatic rings. The van der Waals surface area contributed by atoms with Gasteiger partial charge >= 0.3 is 6.03 Å². The molecule has 23 heavy (non-hydrogen) atoms. The minimum absolute atomic E-state index is 0.182. The van der Waals surface area contributed by atoms with Crippen molar-refractivity contribution in [2.45, 2.75) is 32.6 Å². The second-order valence-corrected chi connectivity index (χ2v) is 6.14. The molecule has 0 atom stereocenters. The monoisotopic (exact) mass is 339 g/mol. The Hall–Kier alpha value is -1.46. The van der Waals surface area contributed by atoms with Crippen LogP contribution in [-0.4, -0.2) is 38.9 Å². The van der Waals surface area contributed by atoms with Crippen LogP contribution in [-0.2, 0) is 4.74 Å². The van der Waals surface area contributed by atoms with Crippen LogP contribution in [0.15, 0.2) is 18.2 Å². The van der Waals surface area contributed by atoms with Crippen LogP contribution in [0, 0.1) is 0 Å². The summed E-state index contributed by atoms with van der Waals surface area (Å²) >= 11 is 6.09. The Balaban J connectivity index is 1.92. The Kier molecular flexibility index (Phi) is 7.49. The standard InChI is InChI=1S/C17H26ClN3O2/c1-2-3-4-5-8-19-17(22)20-15-13-14(18)6-7-16(15)21-9-11-23-12-10-21/h6-7,13H,2-5,8-12H2,1H3,(H2,19,20,22). The Bertz CT molecular complexity index is 505. The van der Waals surface area contributed by atoms with Gasteiger partial charge in [0.25, 0.3) is 0 Å². The SMILES string of the molecule is CCCCCCNC(=O)Nc1cc(Cl)ccc1N1CCOCC1. The summed E-state index contributed by atoms with van der Waals surface area (Å²) in [5.41, 5.74) is 1.73. The highest BCUT2D eigenvalue weighted by molar-refractivity contribution is 6.31. The van der Waals surface area contributed by atoms with E-state index in [2.05, 4.69) is 22.5 Å². The zero-order valence-corrected chi connectivity index (χ0v) is 14.5. The van der Waals surface area contributed by atoms with Crippen LogP contribution >= 0.6 is 11.6 Å². The van der Waals surface area contributed by atoms with Gasteiger partial charge in [-0.1, -0.05) is 37.8 Å². The molecule has 2 rings (SSSR count). The van der Waals surface area contributed by atoms with Crippen molar-refractivity contribution in [3.8, 4) is 0 Å². The molecule has 1 saturated heterocycles. The number of ether oxygens (including phenoxy) is 1. The lowest BCUT2D eigenvalue weighted by Gasteiger charge is -2.30. The summed E-state index contributed by atoms with van der Waals surface area (Å²) in [6, 6.07) is 5.41. The van der Waals surface area contributed by atoms with Gasteiger partial charge in [0.05, 0.1) is 24.6 Å². The summed E-state index contributed by atoms with van der Waals surface area (Å²) in [5.74, 6) is 0. The maximum Gasteiger partial charge on any atom is 0.319 e. The predicted molar refractivity (Wildman–Crippen MR) is 95.6 cm³/mol. The van der Waals surface area contributed by atoms with E-state index in [0.717, 1.165) is 37.3 Å². The van der Waals surface area contributed by atoms with Gasteiger partial charge in [0.2, 0.25) is 0 Å². The summed E-state index contributed by atoms with van der Waals surface area (Å²) in [6.45, 7) is 5.90. The van der Waals surface area contributed by atoms with E-state index in [4.69, 9.17) is 16.3 Å². The van der Waals surface area contributed by atoms with Gasteiger partial charge in [-0.3, -0.25) is 0 Å². The first-order valence-corrected chi connectivity index (χ1v) is 8.75. The number of carbonyl (C=O) groups is 1. The minimum atomic E-state index is -0.182. The van der Waals surface area contributed by atoms with Crippen molar-refractivity contribution >= 4 is 29.0 Å². The molecule has 5 nitrogen and oxygen atoms in total. The molecule has 0 unspecified atom stereocenters. The molecule has 0 bridgehead atoms. The lowest BCUT2D eigenvalue weighted by atomic mass is 10.2. The number of hydrogen-bond donors (Lipinski definition) is 2. The van der Waals surface area contributed by atoms with Crippen molar-refractivity contribution in [2.75, 3.05) is 43.1 Å². The number of urea groups is 1. The largest absolute Gasteiger partial charge is 0.378 e. The Morgan fingerprint density at radius 3 is 2.78 bits per heavy atom. The van der Waals surface area contributed by atoms with E-state index in [9.17, 15) is 4.79 Å². The molecule has 1 fully saturated rings. The Morgan fingerprint density at radius 1 is 1.26 bits per heavy atom. The predicted octanol–water partition coefficient (Wildman–Crippen LogP) is 3.88. The summed E-state index contributed by atoms with van der Waals surface area (Å²) in [5, 5.41) is 6.44. The van der Waals surface area contributed by atoms with E-state index >= 15 is 0 Å². The number of halogens is 1. The van der Waals surface area contributed by atoms with E-state index < -0.39 is 0 Å². The Morgan fingerprint density at radius 2 is 2.04 bits per heavy atom. The van der Waals surface area contributed by atoms with Crippen molar-refractivity contribution in [3.05, 3.63) is 23.2 Å². The third-order valence-electron chi connectivity index (χ3n) is 3.87. The number of amides is 2. The highest BCUT2D eigenvalue weighted by Gasteiger charge is 2.16.